The van der Waals surface area contributed by atoms with Crippen molar-refractivity contribution in [2.45, 2.75) is 44.4 Å². The molecule has 2 aliphatic rings. The van der Waals surface area contributed by atoms with E-state index in [2.05, 4.69) is 16.3 Å². The maximum atomic E-state index is 13.2. The van der Waals surface area contributed by atoms with Gasteiger partial charge < -0.3 is 15.1 Å². The third kappa shape index (κ3) is 4.87. The monoisotopic (exact) mass is 470 g/mol. The molecule has 1 fully saturated rings. The van der Waals surface area contributed by atoms with Gasteiger partial charge in [0.2, 0.25) is 15.9 Å². The summed E-state index contributed by atoms with van der Waals surface area (Å²) < 4.78 is 27.7. The SMILES string of the molecule is CCN(CC)S(=O)(=O)c1ccc(N2CCCC2)c(NCC(=O)N2CCCc3ccccc32)c1. The molecule has 2 aliphatic heterocycles. The van der Waals surface area contributed by atoms with E-state index in [0.717, 1.165) is 50.1 Å². The molecule has 1 saturated heterocycles. The number of nitrogens with zero attached hydrogens (tertiary/aromatic N) is 3. The van der Waals surface area contributed by atoms with Crippen LogP contribution in [0.2, 0.25) is 0 Å². The van der Waals surface area contributed by atoms with Gasteiger partial charge in [0.05, 0.1) is 22.8 Å². The Kier molecular flexibility index (Phi) is 7.24. The second-order valence-corrected chi connectivity index (χ2v) is 10.5. The highest BCUT2D eigenvalue weighted by atomic mass is 32.2. The summed E-state index contributed by atoms with van der Waals surface area (Å²) in [4.78, 5) is 17.5. The standard InChI is InChI=1S/C25H34N4O3S/c1-3-28(4-2)33(31,32)21-13-14-24(27-15-7-8-16-27)22(18-21)26-19-25(30)29-17-9-11-20-10-5-6-12-23(20)29/h5-6,10,12-14,18,26H,3-4,7-9,11,15-17,19H2,1-2H3. The molecule has 0 spiro atoms. The van der Waals surface area contributed by atoms with Gasteiger partial charge in [-0.15, -0.1) is 0 Å². The molecule has 7 nitrogen and oxygen atoms in total. The summed E-state index contributed by atoms with van der Waals surface area (Å²) in [5, 5.41) is 3.29. The first-order valence-corrected chi connectivity index (χ1v) is 13.4. The second-order valence-electron chi connectivity index (χ2n) is 8.59. The summed E-state index contributed by atoms with van der Waals surface area (Å²) in [7, 11) is -3.58. The van der Waals surface area contributed by atoms with E-state index in [9.17, 15) is 13.2 Å². The van der Waals surface area contributed by atoms with Gasteiger partial charge >= 0.3 is 0 Å². The highest BCUT2D eigenvalue weighted by molar-refractivity contribution is 7.89. The first kappa shape index (κ1) is 23.6. The van der Waals surface area contributed by atoms with E-state index in [0.29, 0.717) is 25.3 Å². The first-order valence-electron chi connectivity index (χ1n) is 12.0. The van der Waals surface area contributed by atoms with Gasteiger partial charge in [-0.2, -0.15) is 4.31 Å². The fourth-order valence-corrected chi connectivity index (χ4v) is 6.31. The van der Waals surface area contributed by atoms with Crippen molar-refractivity contribution in [1.82, 2.24) is 4.31 Å². The third-order valence-electron chi connectivity index (χ3n) is 6.60. The van der Waals surface area contributed by atoms with Crippen LogP contribution < -0.4 is 15.1 Å². The summed E-state index contributed by atoms with van der Waals surface area (Å²) in [6.07, 6.45) is 4.15. The normalized spacial score (nSPS) is 16.2. The lowest BCUT2D eigenvalue weighted by molar-refractivity contribution is -0.117. The predicted molar refractivity (Wildman–Crippen MR) is 134 cm³/mol. The van der Waals surface area contributed by atoms with Crippen LogP contribution in [0.25, 0.3) is 0 Å². The molecule has 0 bridgehead atoms. The number of aryl methyl sites for hydroxylation is 1. The van der Waals surface area contributed by atoms with Crippen molar-refractivity contribution in [3.63, 3.8) is 0 Å². The van der Waals surface area contributed by atoms with Crippen LogP contribution in [0, 0.1) is 0 Å². The van der Waals surface area contributed by atoms with Gasteiger partial charge in [0.25, 0.3) is 0 Å². The number of carbonyl (C=O) groups excluding carboxylic acids is 1. The maximum Gasteiger partial charge on any atom is 0.246 e. The molecule has 0 saturated carbocycles. The zero-order valence-corrected chi connectivity index (χ0v) is 20.4. The fourth-order valence-electron chi connectivity index (χ4n) is 4.82. The number of hydrogen-bond donors (Lipinski definition) is 1. The minimum absolute atomic E-state index is 0.00785. The Bertz CT molecular complexity index is 1090. The molecule has 2 aromatic rings. The van der Waals surface area contributed by atoms with Crippen LogP contribution in [0.4, 0.5) is 17.1 Å². The van der Waals surface area contributed by atoms with Gasteiger partial charge in [-0.1, -0.05) is 32.0 Å². The average molecular weight is 471 g/mol. The van der Waals surface area contributed by atoms with E-state index in [4.69, 9.17) is 0 Å². The highest BCUT2D eigenvalue weighted by Gasteiger charge is 2.26. The van der Waals surface area contributed by atoms with Crippen molar-refractivity contribution < 1.29 is 13.2 Å². The quantitative estimate of drug-likeness (QED) is 0.637. The number of fused-ring (bicyclic) bond motifs is 1. The lowest BCUT2D eigenvalue weighted by Gasteiger charge is -2.30. The molecule has 33 heavy (non-hydrogen) atoms. The largest absolute Gasteiger partial charge is 0.374 e. The Morgan fingerprint density at radius 1 is 0.970 bits per heavy atom. The number of carbonyl (C=O) groups is 1. The predicted octanol–water partition coefficient (Wildman–Crippen LogP) is 3.71. The lowest BCUT2D eigenvalue weighted by Crippen LogP contribution is -2.39. The van der Waals surface area contributed by atoms with E-state index in [1.54, 1.807) is 12.1 Å². The van der Waals surface area contributed by atoms with Gasteiger partial charge in [0.1, 0.15) is 0 Å². The van der Waals surface area contributed by atoms with Crippen molar-refractivity contribution >= 4 is 33.0 Å². The molecular weight excluding hydrogens is 436 g/mol. The van der Waals surface area contributed by atoms with E-state index in [1.807, 2.05) is 43.0 Å². The van der Waals surface area contributed by atoms with Gasteiger partial charge in [-0.05, 0) is 55.5 Å². The molecule has 8 heteroatoms. The zero-order valence-electron chi connectivity index (χ0n) is 19.6. The van der Waals surface area contributed by atoms with E-state index < -0.39 is 10.0 Å². The second kappa shape index (κ2) is 10.1. The van der Waals surface area contributed by atoms with Crippen LogP contribution in [0.1, 0.15) is 38.7 Å². The topological polar surface area (TPSA) is 73.0 Å². The molecule has 1 N–H and O–H groups in total. The van der Waals surface area contributed by atoms with Crippen molar-refractivity contribution in [3.8, 4) is 0 Å². The van der Waals surface area contributed by atoms with E-state index >= 15 is 0 Å². The summed E-state index contributed by atoms with van der Waals surface area (Å²) in [6, 6.07) is 13.3. The zero-order chi connectivity index (χ0) is 23.4. The highest BCUT2D eigenvalue weighted by Crippen LogP contribution is 2.33. The Morgan fingerprint density at radius 2 is 1.70 bits per heavy atom. The van der Waals surface area contributed by atoms with E-state index in [1.165, 1.54) is 9.87 Å². The Labute approximate surface area is 197 Å². The van der Waals surface area contributed by atoms with Crippen LogP contribution in [-0.2, 0) is 21.2 Å². The molecule has 0 aliphatic carbocycles. The number of hydrogen-bond acceptors (Lipinski definition) is 5. The van der Waals surface area contributed by atoms with Crippen LogP contribution in [0.15, 0.2) is 47.4 Å². The minimum Gasteiger partial charge on any atom is -0.374 e. The van der Waals surface area contributed by atoms with Crippen molar-refractivity contribution in [1.29, 1.82) is 0 Å². The molecule has 178 valence electrons. The Hall–Kier alpha value is -2.58. The van der Waals surface area contributed by atoms with Crippen LogP contribution >= 0.6 is 0 Å². The molecule has 2 heterocycles. The van der Waals surface area contributed by atoms with Crippen molar-refractivity contribution in [3.05, 3.63) is 48.0 Å². The Morgan fingerprint density at radius 3 is 2.42 bits per heavy atom. The molecule has 1 amide bonds. The lowest BCUT2D eigenvalue weighted by atomic mass is 10.0. The fraction of sp³-hybridized carbons (Fsp3) is 0.480. The van der Waals surface area contributed by atoms with Crippen LogP contribution in [0.3, 0.4) is 0 Å². The van der Waals surface area contributed by atoms with Gasteiger partial charge in [0, 0.05) is 38.4 Å². The molecule has 0 atom stereocenters. The molecule has 0 unspecified atom stereocenters. The number of para-hydroxylation sites is 1. The van der Waals surface area contributed by atoms with Crippen molar-refractivity contribution in [2.75, 3.05) is 54.4 Å². The molecular formula is C25H34N4O3S. The van der Waals surface area contributed by atoms with Crippen LogP contribution in [0.5, 0.6) is 0 Å². The van der Waals surface area contributed by atoms with Gasteiger partial charge in [-0.3, -0.25) is 4.79 Å². The maximum absolute atomic E-state index is 13.2. The van der Waals surface area contributed by atoms with Gasteiger partial charge in [0.15, 0.2) is 0 Å². The minimum atomic E-state index is -3.58. The number of nitrogens with one attached hydrogen (secondary N) is 1. The summed E-state index contributed by atoms with van der Waals surface area (Å²) in [6.45, 7) is 7.21. The molecule has 4 rings (SSSR count). The number of amides is 1. The summed E-state index contributed by atoms with van der Waals surface area (Å²) >= 11 is 0. The molecule has 2 aromatic carbocycles. The molecule has 0 aromatic heterocycles. The molecule has 0 radical (unpaired) electrons. The van der Waals surface area contributed by atoms with Crippen LogP contribution in [-0.4, -0.2) is 57.9 Å². The average Bonchev–Trinajstić information content (AvgIpc) is 3.37. The van der Waals surface area contributed by atoms with E-state index in [-0.39, 0.29) is 17.3 Å². The summed E-state index contributed by atoms with van der Waals surface area (Å²) in [5.41, 5.74) is 3.83. The van der Waals surface area contributed by atoms with Gasteiger partial charge in [-0.25, -0.2) is 8.42 Å². The Balaban J connectivity index is 1.59. The number of sulfonamides is 1. The van der Waals surface area contributed by atoms with Crippen molar-refractivity contribution in [2.24, 2.45) is 0 Å². The third-order valence-corrected chi connectivity index (χ3v) is 8.65. The number of benzene rings is 2. The number of rotatable bonds is 8. The summed E-state index contributed by atoms with van der Waals surface area (Å²) in [5.74, 6) is -0.00785. The smallest absolute Gasteiger partial charge is 0.246 e. The number of anilines is 3. The first-order chi connectivity index (χ1) is 16.0.